The summed E-state index contributed by atoms with van der Waals surface area (Å²) in [6, 6.07) is 19.8. The van der Waals surface area contributed by atoms with E-state index in [1.54, 1.807) is 7.11 Å². The molecule has 1 N–H and O–H groups in total. The Balaban J connectivity index is 1.42. The number of hydrogen-bond donors (Lipinski definition) is 1. The predicted molar refractivity (Wildman–Crippen MR) is 103 cm³/mol. The van der Waals surface area contributed by atoms with E-state index in [-0.39, 0.29) is 0 Å². The quantitative estimate of drug-likeness (QED) is 0.739. The number of aromatic hydroxyl groups is 1. The van der Waals surface area contributed by atoms with Crippen molar-refractivity contribution in [2.75, 3.05) is 20.2 Å². The van der Waals surface area contributed by atoms with Crippen LogP contribution in [0.5, 0.6) is 17.2 Å². The lowest BCUT2D eigenvalue weighted by molar-refractivity contribution is -0.0757. The number of piperidine rings is 1. The zero-order valence-corrected chi connectivity index (χ0v) is 14.9. The number of methoxy groups -OCH3 is 1. The van der Waals surface area contributed by atoms with Crippen LogP contribution in [0.2, 0.25) is 0 Å². The SMILES string of the molecule is COc1ccc(ON2CCC(c3cc4ccccc4cc3O)CC2)cc1. The topological polar surface area (TPSA) is 41.9 Å². The maximum absolute atomic E-state index is 10.5. The van der Waals surface area contributed by atoms with Crippen LogP contribution in [0.25, 0.3) is 10.8 Å². The highest BCUT2D eigenvalue weighted by molar-refractivity contribution is 5.85. The number of benzene rings is 3. The van der Waals surface area contributed by atoms with Gasteiger partial charge >= 0.3 is 0 Å². The Morgan fingerprint density at radius 2 is 1.50 bits per heavy atom. The Bertz CT molecular complexity index is 884. The first-order valence-electron chi connectivity index (χ1n) is 9.01. The first-order valence-corrected chi connectivity index (χ1v) is 9.01. The van der Waals surface area contributed by atoms with Gasteiger partial charge in [-0.2, -0.15) is 0 Å². The Morgan fingerprint density at radius 1 is 0.885 bits per heavy atom. The molecule has 1 fully saturated rings. The summed E-state index contributed by atoms with van der Waals surface area (Å²) in [4.78, 5) is 5.95. The first-order chi connectivity index (χ1) is 12.7. The van der Waals surface area contributed by atoms with E-state index in [2.05, 4.69) is 12.1 Å². The second kappa shape index (κ2) is 7.26. The van der Waals surface area contributed by atoms with E-state index < -0.39 is 0 Å². The summed E-state index contributed by atoms with van der Waals surface area (Å²) in [6.07, 6.45) is 1.92. The third-order valence-electron chi connectivity index (χ3n) is 5.08. The number of phenolic OH excluding ortho intramolecular Hbond substituents is 1. The summed E-state index contributed by atoms with van der Waals surface area (Å²) >= 11 is 0. The second-order valence-corrected chi connectivity index (χ2v) is 6.73. The van der Waals surface area contributed by atoms with Gasteiger partial charge in [0.2, 0.25) is 0 Å². The van der Waals surface area contributed by atoms with Crippen molar-refractivity contribution in [3.8, 4) is 17.2 Å². The number of hydrogen-bond acceptors (Lipinski definition) is 4. The number of ether oxygens (including phenoxy) is 1. The van der Waals surface area contributed by atoms with Crippen LogP contribution >= 0.6 is 0 Å². The van der Waals surface area contributed by atoms with E-state index in [9.17, 15) is 5.11 Å². The number of fused-ring (bicyclic) bond motifs is 1. The molecule has 3 aromatic rings. The largest absolute Gasteiger partial charge is 0.508 e. The van der Waals surface area contributed by atoms with Crippen molar-refractivity contribution in [1.29, 1.82) is 0 Å². The van der Waals surface area contributed by atoms with Crippen LogP contribution < -0.4 is 9.57 Å². The maximum Gasteiger partial charge on any atom is 0.147 e. The van der Waals surface area contributed by atoms with Crippen LogP contribution in [-0.4, -0.2) is 30.4 Å². The average Bonchev–Trinajstić information content (AvgIpc) is 2.69. The second-order valence-electron chi connectivity index (χ2n) is 6.73. The van der Waals surface area contributed by atoms with E-state index in [4.69, 9.17) is 9.57 Å². The van der Waals surface area contributed by atoms with Crippen molar-refractivity contribution >= 4 is 10.8 Å². The van der Waals surface area contributed by atoms with E-state index in [1.807, 2.05) is 53.6 Å². The molecule has 4 rings (SSSR count). The van der Waals surface area contributed by atoms with E-state index >= 15 is 0 Å². The molecule has 26 heavy (non-hydrogen) atoms. The lowest BCUT2D eigenvalue weighted by Crippen LogP contribution is -2.35. The van der Waals surface area contributed by atoms with Gasteiger partial charge in [-0.1, -0.05) is 24.3 Å². The van der Waals surface area contributed by atoms with Crippen LogP contribution in [0.3, 0.4) is 0 Å². The minimum Gasteiger partial charge on any atom is -0.508 e. The zero-order valence-electron chi connectivity index (χ0n) is 14.9. The van der Waals surface area contributed by atoms with Gasteiger partial charge in [-0.25, -0.2) is 0 Å². The molecular formula is C22H23NO3. The molecule has 0 atom stereocenters. The minimum absolute atomic E-state index is 0.357. The number of nitrogens with zero attached hydrogens (tertiary/aromatic N) is 1. The van der Waals surface area contributed by atoms with Gasteiger partial charge in [0.1, 0.15) is 17.2 Å². The number of phenols is 1. The van der Waals surface area contributed by atoms with Gasteiger partial charge in [0.05, 0.1) is 7.11 Å². The summed E-state index contributed by atoms with van der Waals surface area (Å²) in [5.41, 5.74) is 1.05. The van der Waals surface area contributed by atoms with Gasteiger partial charge in [-0.05, 0) is 71.5 Å². The van der Waals surface area contributed by atoms with Gasteiger partial charge in [0.25, 0.3) is 0 Å². The molecular weight excluding hydrogens is 326 g/mol. The van der Waals surface area contributed by atoms with Crippen LogP contribution in [-0.2, 0) is 0 Å². The molecule has 0 aliphatic carbocycles. The fourth-order valence-electron chi connectivity index (χ4n) is 3.62. The maximum atomic E-state index is 10.5. The van der Waals surface area contributed by atoms with E-state index in [0.29, 0.717) is 11.7 Å². The summed E-state index contributed by atoms with van der Waals surface area (Å²) in [5, 5.41) is 14.7. The molecule has 1 aliphatic heterocycles. The van der Waals surface area contributed by atoms with Crippen molar-refractivity contribution in [2.45, 2.75) is 18.8 Å². The summed E-state index contributed by atoms with van der Waals surface area (Å²) in [7, 11) is 1.66. The normalized spacial score (nSPS) is 15.9. The first kappa shape index (κ1) is 16.7. The zero-order chi connectivity index (χ0) is 17.9. The van der Waals surface area contributed by atoms with Crippen LogP contribution in [0.4, 0.5) is 0 Å². The highest BCUT2D eigenvalue weighted by atomic mass is 16.7. The van der Waals surface area contributed by atoms with Crippen molar-refractivity contribution < 1.29 is 14.7 Å². The van der Waals surface area contributed by atoms with Gasteiger partial charge in [0, 0.05) is 13.1 Å². The highest BCUT2D eigenvalue weighted by Crippen LogP contribution is 2.36. The van der Waals surface area contributed by atoms with Crippen LogP contribution in [0.1, 0.15) is 24.3 Å². The fraction of sp³-hybridized carbons (Fsp3) is 0.273. The molecule has 3 aromatic carbocycles. The lowest BCUT2D eigenvalue weighted by Gasteiger charge is -2.31. The van der Waals surface area contributed by atoms with Crippen molar-refractivity contribution in [2.24, 2.45) is 0 Å². The Kier molecular flexibility index (Phi) is 4.67. The number of hydroxylamine groups is 2. The average molecular weight is 349 g/mol. The molecule has 4 heteroatoms. The lowest BCUT2D eigenvalue weighted by atomic mass is 9.88. The molecule has 1 aliphatic rings. The molecule has 1 saturated heterocycles. The molecule has 0 aromatic heterocycles. The molecule has 0 amide bonds. The van der Waals surface area contributed by atoms with E-state index in [0.717, 1.165) is 48.4 Å². The summed E-state index contributed by atoms with van der Waals surface area (Å²) < 4.78 is 5.17. The molecule has 0 spiro atoms. The molecule has 0 saturated carbocycles. The van der Waals surface area contributed by atoms with Crippen molar-refractivity contribution in [3.63, 3.8) is 0 Å². The van der Waals surface area contributed by atoms with Crippen molar-refractivity contribution in [1.82, 2.24) is 5.06 Å². The Hall–Kier alpha value is -2.72. The Morgan fingerprint density at radius 3 is 2.15 bits per heavy atom. The minimum atomic E-state index is 0.357. The fourth-order valence-corrected chi connectivity index (χ4v) is 3.62. The van der Waals surface area contributed by atoms with E-state index in [1.165, 1.54) is 5.39 Å². The summed E-state index contributed by atoms with van der Waals surface area (Å²) in [6.45, 7) is 1.67. The van der Waals surface area contributed by atoms with Crippen LogP contribution in [0.15, 0.2) is 60.7 Å². The molecule has 4 nitrogen and oxygen atoms in total. The standard InChI is InChI=1S/C22H23NO3/c1-25-19-6-8-20(9-7-19)26-23-12-10-16(11-13-23)21-14-17-4-2-3-5-18(17)15-22(21)24/h2-9,14-16,24H,10-13H2,1H3. The molecule has 0 bridgehead atoms. The monoisotopic (exact) mass is 349 g/mol. The molecule has 0 unspecified atom stereocenters. The van der Waals surface area contributed by atoms with Crippen LogP contribution in [0, 0.1) is 0 Å². The van der Waals surface area contributed by atoms with Crippen molar-refractivity contribution in [3.05, 3.63) is 66.2 Å². The predicted octanol–water partition coefficient (Wildman–Crippen LogP) is 4.73. The van der Waals surface area contributed by atoms with Gasteiger partial charge in [-0.15, -0.1) is 5.06 Å². The number of rotatable bonds is 4. The molecule has 134 valence electrons. The molecule has 0 radical (unpaired) electrons. The van der Waals surface area contributed by atoms with Gasteiger partial charge in [0.15, 0.2) is 0 Å². The van der Waals surface area contributed by atoms with Gasteiger partial charge < -0.3 is 14.7 Å². The highest BCUT2D eigenvalue weighted by Gasteiger charge is 2.24. The summed E-state index contributed by atoms with van der Waals surface area (Å²) in [5.74, 6) is 2.40. The third-order valence-corrected chi connectivity index (χ3v) is 5.08. The molecule has 1 heterocycles. The smallest absolute Gasteiger partial charge is 0.147 e. The van der Waals surface area contributed by atoms with Gasteiger partial charge in [-0.3, -0.25) is 0 Å². The Labute approximate surface area is 153 Å². The third kappa shape index (κ3) is 3.46.